The van der Waals surface area contributed by atoms with Crippen LogP contribution in [-0.4, -0.2) is 25.0 Å². The van der Waals surface area contributed by atoms with Gasteiger partial charge in [0.2, 0.25) is 0 Å². The Hall–Kier alpha value is -2.79. The standard InChI is InChI=1S/C22H19Cl2N3O5S2/c1-2-11-33-16-6-10-21(27(29)30)20(13-16)25-22(28)18-12-15(24)5-9-19(18)26-34(31,32)17-7-3-14(23)4-8-17/h3-10,12-13,26H,2,11H2,1H3,(H,25,28). The van der Waals surface area contributed by atoms with Crippen LogP contribution in [0.25, 0.3) is 0 Å². The zero-order chi connectivity index (χ0) is 24.9. The fourth-order valence-corrected chi connectivity index (χ4v) is 5.07. The third-order valence-corrected chi connectivity index (χ3v) is 7.55. The maximum absolute atomic E-state index is 13.1. The number of anilines is 2. The minimum absolute atomic E-state index is 0.0115. The van der Waals surface area contributed by atoms with Gasteiger partial charge >= 0.3 is 0 Å². The van der Waals surface area contributed by atoms with Crippen LogP contribution in [0.2, 0.25) is 10.0 Å². The van der Waals surface area contributed by atoms with E-state index in [1.54, 1.807) is 6.07 Å². The fraction of sp³-hybridized carbons (Fsp3) is 0.136. The molecular formula is C22H19Cl2N3O5S2. The van der Waals surface area contributed by atoms with Crippen LogP contribution in [0.15, 0.2) is 70.5 Å². The molecule has 34 heavy (non-hydrogen) atoms. The van der Waals surface area contributed by atoms with E-state index in [-0.39, 0.29) is 32.5 Å². The summed E-state index contributed by atoms with van der Waals surface area (Å²) in [6.07, 6.45) is 0.906. The van der Waals surface area contributed by atoms with Crippen LogP contribution in [0.1, 0.15) is 23.7 Å². The quantitative estimate of drug-likeness (QED) is 0.183. The predicted molar refractivity (Wildman–Crippen MR) is 136 cm³/mol. The largest absolute Gasteiger partial charge is 0.316 e. The van der Waals surface area contributed by atoms with Gasteiger partial charge in [0.15, 0.2) is 0 Å². The van der Waals surface area contributed by atoms with Gasteiger partial charge in [-0.15, -0.1) is 11.8 Å². The lowest BCUT2D eigenvalue weighted by atomic mass is 10.1. The van der Waals surface area contributed by atoms with Crippen LogP contribution in [0, 0.1) is 10.1 Å². The highest BCUT2D eigenvalue weighted by Crippen LogP contribution is 2.32. The summed E-state index contributed by atoms with van der Waals surface area (Å²) in [4.78, 5) is 24.7. The molecule has 3 aromatic rings. The molecule has 0 atom stereocenters. The average Bonchev–Trinajstić information content (AvgIpc) is 2.79. The molecule has 0 saturated heterocycles. The first-order valence-electron chi connectivity index (χ1n) is 9.91. The van der Waals surface area contributed by atoms with Gasteiger partial charge in [-0.1, -0.05) is 30.1 Å². The molecule has 3 rings (SSSR count). The van der Waals surface area contributed by atoms with E-state index in [1.807, 2.05) is 6.92 Å². The van der Waals surface area contributed by atoms with Crippen LogP contribution < -0.4 is 10.0 Å². The van der Waals surface area contributed by atoms with Gasteiger partial charge in [-0.2, -0.15) is 0 Å². The number of nitrogens with zero attached hydrogens (tertiary/aromatic N) is 1. The lowest BCUT2D eigenvalue weighted by molar-refractivity contribution is -0.384. The summed E-state index contributed by atoms with van der Waals surface area (Å²) in [7, 11) is -4.05. The van der Waals surface area contributed by atoms with E-state index < -0.39 is 20.9 Å². The van der Waals surface area contributed by atoms with Crippen molar-refractivity contribution in [2.45, 2.75) is 23.1 Å². The van der Waals surface area contributed by atoms with Gasteiger partial charge in [-0.3, -0.25) is 19.6 Å². The van der Waals surface area contributed by atoms with Crippen molar-refractivity contribution in [1.29, 1.82) is 0 Å². The summed E-state index contributed by atoms with van der Waals surface area (Å²) in [6.45, 7) is 2.01. The molecule has 0 unspecified atom stereocenters. The van der Waals surface area contributed by atoms with Gasteiger partial charge in [0.25, 0.3) is 21.6 Å². The second-order valence-electron chi connectivity index (χ2n) is 6.99. The number of nitrogens with one attached hydrogen (secondary N) is 2. The number of benzene rings is 3. The van der Waals surface area contributed by atoms with Crippen LogP contribution in [0.4, 0.5) is 17.1 Å². The van der Waals surface area contributed by atoms with Crippen LogP contribution in [0.3, 0.4) is 0 Å². The third-order valence-electron chi connectivity index (χ3n) is 4.48. The van der Waals surface area contributed by atoms with Crippen molar-refractivity contribution >= 4 is 68.0 Å². The van der Waals surface area contributed by atoms with Crippen molar-refractivity contribution in [2.24, 2.45) is 0 Å². The molecule has 0 aliphatic carbocycles. The summed E-state index contributed by atoms with van der Waals surface area (Å²) in [5, 5.41) is 14.5. The monoisotopic (exact) mass is 539 g/mol. The smallest absolute Gasteiger partial charge is 0.292 e. The van der Waals surface area contributed by atoms with Gasteiger partial charge in [-0.05, 0) is 66.8 Å². The van der Waals surface area contributed by atoms with Crippen LogP contribution in [-0.2, 0) is 10.0 Å². The predicted octanol–water partition coefficient (Wildman–Crippen LogP) is 6.46. The van der Waals surface area contributed by atoms with Crippen molar-refractivity contribution in [1.82, 2.24) is 0 Å². The van der Waals surface area contributed by atoms with Gasteiger partial charge in [0, 0.05) is 21.0 Å². The number of rotatable bonds is 9. The first kappa shape index (κ1) is 25.8. The fourth-order valence-electron chi connectivity index (χ4n) is 2.88. The number of sulfonamides is 1. The van der Waals surface area contributed by atoms with Gasteiger partial charge < -0.3 is 5.32 Å². The average molecular weight is 540 g/mol. The lowest BCUT2D eigenvalue weighted by Crippen LogP contribution is -2.19. The second-order valence-corrected chi connectivity index (χ2v) is 10.7. The van der Waals surface area contributed by atoms with E-state index in [2.05, 4.69) is 10.0 Å². The van der Waals surface area contributed by atoms with Gasteiger partial charge in [-0.25, -0.2) is 8.42 Å². The molecule has 12 heteroatoms. The number of amides is 1. The van der Waals surface area contributed by atoms with E-state index in [1.165, 1.54) is 66.4 Å². The summed E-state index contributed by atoms with van der Waals surface area (Å²) >= 11 is 13.4. The highest BCUT2D eigenvalue weighted by atomic mass is 35.5. The summed E-state index contributed by atoms with van der Waals surface area (Å²) in [5.41, 5.74) is -0.455. The Bertz CT molecular complexity index is 1330. The summed E-state index contributed by atoms with van der Waals surface area (Å²) in [6, 6.07) is 14.0. The summed E-state index contributed by atoms with van der Waals surface area (Å²) in [5.74, 6) is 0.0351. The molecule has 0 heterocycles. The first-order chi connectivity index (χ1) is 16.1. The highest BCUT2D eigenvalue weighted by molar-refractivity contribution is 7.99. The molecular weight excluding hydrogens is 521 g/mol. The minimum Gasteiger partial charge on any atom is -0.316 e. The summed E-state index contributed by atoms with van der Waals surface area (Å²) < 4.78 is 28.0. The number of hydrogen-bond acceptors (Lipinski definition) is 6. The number of carbonyl (C=O) groups is 1. The van der Waals surface area contributed by atoms with Crippen molar-refractivity contribution in [3.8, 4) is 0 Å². The molecule has 0 aliphatic rings. The number of hydrogen-bond donors (Lipinski definition) is 2. The zero-order valence-electron chi connectivity index (χ0n) is 17.7. The molecule has 0 radical (unpaired) electrons. The molecule has 0 aliphatic heterocycles. The van der Waals surface area contributed by atoms with Crippen molar-refractivity contribution in [2.75, 3.05) is 15.8 Å². The third kappa shape index (κ3) is 6.41. The molecule has 2 N–H and O–H groups in total. The highest BCUT2D eigenvalue weighted by Gasteiger charge is 2.22. The molecule has 0 fully saturated rings. The van der Waals surface area contributed by atoms with E-state index in [0.717, 1.165) is 17.1 Å². The Morgan fingerprint density at radius 2 is 1.68 bits per heavy atom. The Labute approximate surface area is 210 Å². The maximum Gasteiger partial charge on any atom is 0.292 e. The van der Waals surface area contributed by atoms with Crippen LogP contribution >= 0.6 is 35.0 Å². The Morgan fingerprint density at radius 1 is 1.00 bits per heavy atom. The minimum atomic E-state index is -4.05. The number of nitro groups is 1. The number of halogens is 2. The SMILES string of the molecule is CCCSc1ccc([N+](=O)[O-])c(NC(=O)c2cc(Cl)ccc2NS(=O)(=O)c2ccc(Cl)cc2)c1. The van der Waals surface area contributed by atoms with E-state index in [4.69, 9.17) is 23.2 Å². The molecule has 0 spiro atoms. The first-order valence-corrected chi connectivity index (χ1v) is 13.1. The molecule has 8 nitrogen and oxygen atoms in total. The number of carbonyl (C=O) groups excluding carboxylic acids is 1. The normalized spacial score (nSPS) is 11.1. The van der Waals surface area contributed by atoms with Crippen molar-refractivity contribution in [3.63, 3.8) is 0 Å². The molecule has 178 valence electrons. The molecule has 3 aromatic carbocycles. The maximum atomic E-state index is 13.1. The van der Waals surface area contributed by atoms with E-state index >= 15 is 0 Å². The Kier molecular flexibility index (Phi) is 8.42. The number of thioether (sulfide) groups is 1. The topological polar surface area (TPSA) is 118 Å². The van der Waals surface area contributed by atoms with Crippen molar-refractivity contribution in [3.05, 3.63) is 86.4 Å². The molecule has 0 aromatic heterocycles. The van der Waals surface area contributed by atoms with Gasteiger partial charge in [0.1, 0.15) is 5.69 Å². The van der Waals surface area contributed by atoms with E-state index in [0.29, 0.717) is 5.02 Å². The Balaban J connectivity index is 1.95. The molecule has 0 bridgehead atoms. The number of nitro benzene ring substituents is 1. The Morgan fingerprint density at radius 3 is 2.32 bits per heavy atom. The second kappa shape index (κ2) is 11.1. The van der Waals surface area contributed by atoms with Crippen LogP contribution in [0.5, 0.6) is 0 Å². The zero-order valence-corrected chi connectivity index (χ0v) is 20.9. The molecule has 1 amide bonds. The van der Waals surface area contributed by atoms with Crippen molar-refractivity contribution < 1.29 is 18.1 Å². The molecule has 0 saturated carbocycles. The lowest BCUT2D eigenvalue weighted by Gasteiger charge is -2.14. The van der Waals surface area contributed by atoms with E-state index in [9.17, 15) is 23.3 Å². The van der Waals surface area contributed by atoms with Gasteiger partial charge in [0.05, 0.1) is 21.1 Å².